The van der Waals surface area contributed by atoms with E-state index in [0.717, 1.165) is 43.4 Å². The van der Waals surface area contributed by atoms with E-state index in [1.54, 1.807) is 12.1 Å². The van der Waals surface area contributed by atoms with E-state index in [9.17, 15) is 4.79 Å². The SMILES string of the molecule is CN1CCC(CNCC/C(Cc2ccc(C#N)cc2)=N\C(=O)OC(C)(C)C)CC1. The van der Waals surface area contributed by atoms with E-state index in [4.69, 9.17) is 10.00 Å². The van der Waals surface area contributed by atoms with Gasteiger partial charge in [0.25, 0.3) is 0 Å². The number of nitrogens with one attached hydrogen (secondary N) is 1. The van der Waals surface area contributed by atoms with E-state index in [1.165, 1.54) is 12.8 Å². The molecule has 1 fully saturated rings. The van der Waals surface area contributed by atoms with Crippen LogP contribution in [0.2, 0.25) is 0 Å². The van der Waals surface area contributed by atoms with E-state index in [0.29, 0.717) is 18.4 Å². The summed E-state index contributed by atoms with van der Waals surface area (Å²) < 4.78 is 5.36. The number of carbonyl (C=O) groups excluding carboxylic acids is 1. The Morgan fingerprint density at radius 3 is 2.52 bits per heavy atom. The van der Waals surface area contributed by atoms with Crippen molar-refractivity contribution in [2.24, 2.45) is 10.9 Å². The third-order valence-corrected chi connectivity index (χ3v) is 5.00. The number of piperidine rings is 1. The maximum absolute atomic E-state index is 12.2. The second-order valence-electron chi connectivity index (χ2n) is 8.84. The number of hydrogen-bond acceptors (Lipinski definition) is 5. The lowest BCUT2D eigenvalue weighted by atomic mass is 9.97. The van der Waals surface area contributed by atoms with Crippen molar-refractivity contribution in [2.45, 2.75) is 52.1 Å². The van der Waals surface area contributed by atoms with Gasteiger partial charge in [0.2, 0.25) is 0 Å². The molecule has 1 saturated heterocycles. The minimum atomic E-state index is -0.563. The van der Waals surface area contributed by atoms with Crippen LogP contribution in [0.4, 0.5) is 4.79 Å². The van der Waals surface area contributed by atoms with Crippen molar-refractivity contribution in [1.82, 2.24) is 10.2 Å². The van der Waals surface area contributed by atoms with Crippen molar-refractivity contribution in [3.8, 4) is 6.07 Å². The van der Waals surface area contributed by atoms with Gasteiger partial charge in [-0.25, -0.2) is 4.79 Å². The smallest absolute Gasteiger partial charge is 0.434 e. The molecule has 1 heterocycles. The Morgan fingerprint density at radius 1 is 1.28 bits per heavy atom. The molecule has 0 bridgehead atoms. The molecule has 6 heteroatoms. The molecule has 2 rings (SSSR count). The number of hydrogen-bond donors (Lipinski definition) is 1. The molecule has 1 N–H and O–H groups in total. The molecule has 0 spiro atoms. The van der Waals surface area contributed by atoms with E-state index in [1.807, 2.05) is 32.9 Å². The van der Waals surface area contributed by atoms with Crippen LogP contribution in [-0.4, -0.2) is 55.5 Å². The molecule has 158 valence electrons. The monoisotopic (exact) mass is 398 g/mol. The average Bonchev–Trinajstić information content (AvgIpc) is 2.65. The number of nitriles is 1. The van der Waals surface area contributed by atoms with Gasteiger partial charge in [0.15, 0.2) is 0 Å². The molecular formula is C23H34N4O2. The van der Waals surface area contributed by atoms with Crippen molar-refractivity contribution in [1.29, 1.82) is 5.26 Å². The van der Waals surface area contributed by atoms with Gasteiger partial charge in [-0.3, -0.25) is 0 Å². The normalized spacial score (nSPS) is 16.4. The first-order valence-electron chi connectivity index (χ1n) is 10.4. The topological polar surface area (TPSA) is 77.7 Å². The van der Waals surface area contributed by atoms with Gasteiger partial charge in [-0.1, -0.05) is 12.1 Å². The van der Waals surface area contributed by atoms with Gasteiger partial charge < -0.3 is 15.0 Å². The molecule has 1 aromatic carbocycles. The molecule has 0 unspecified atom stereocenters. The quantitative estimate of drug-likeness (QED) is 0.558. The summed E-state index contributed by atoms with van der Waals surface area (Å²) in [5.74, 6) is 0.718. The third kappa shape index (κ3) is 9.21. The highest BCUT2D eigenvalue weighted by atomic mass is 16.6. The fourth-order valence-electron chi connectivity index (χ4n) is 3.34. The molecular weight excluding hydrogens is 364 g/mol. The van der Waals surface area contributed by atoms with Crippen molar-refractivity contribution < 1.29 is 9.53 Å². The van der Waals surface area contributed by atoms with E-state index >= 15 is 0 Å². The van der Waals surface area contributed by atoms with Crippen molar-refractivity contribution in [2.75, 3.05) is 33.2 Å². The highest BCUT2D eigenvalue weighted by Crippen LogP contribution is 2.15. The van der Waals surface area contributed by atoms with Crippen molar-refractivity contribution >= 4 is 11.8 Å². The molecule has 0 atom stereocenters. The van der Waals surface area contributed by atoms with Gasteiger partial charge in [0.05, 0.1) is 11.6 Å². The number of rotatable bonds is 7. The van der Waals surface area contributed by atoms with E-state index < -0.39 is 11.7 Å². The lowest BCUT2D eigenvalue weighted by Gasteiger charge is -2.29. The van der Waals surface area contributed by atoms with E-state index in [-0.39, 0.29) is 0 Å². The molecule has 0 saturated carbocycles. The molecule has 6 nitrogen and oxygen atoms in total. The van der Waals surface area contributed by atoms with Crippen LogP contribution in [0, 0.1) is 17.2 Å². The standard InChI is InChI=1S/C23H34N4O2/c1-23(2,3)29-22(28)26-21(15-18-5-7-19(16-24)8-6-18)9-12-25-17-20-10-13-27(4)14-11-20/h5-8,20,25H,9-15,17H2,1-4H3/b26-21+. The molecule has 0 aromatic heterocycles. The largest absolute Gasteiger partial charge is 0.442 e. The zero-order chi connectivity index (χ0) is 21.3. The lowest BCUT2D eigenvalue weighted by Crippen LogP contribution is -2.35. The average molecular weight is 399 g/mol. The molecule has 1 aromatic rings. The van der Waals surface area contributed by atoms with Gasteiger partial charge in [0, 0.05) is 18.7 Å². The molecule has 0 aliphatic carbocycles. The van der Waals surface area contributed by atoms with Gasteiger partial charge in [-0.2, -0.15) is 10.3 Å². The predicted octanol–water partition coefficient (Wildman–Crippen LogP) is 3.80. The van der Waals surface area contributed by atoms with Crippen LogP contribution < -0.4 is 5.32 Å². The second-order valence-corrected chi connectivity index (χ2v) is 8.84. The van der Waals surface area contributed by atoms with Crippen molar-refractivity contribution in [3.05, 3.63) is 35.4 Å². The third-order valence-electron chi connectivity index (χ3n) is 5.00. The summed E-state index contributed by atoms with van der Waals surface area (Å²) in [7, 11) is 2.17. The van der Waals surface area contributed by atoms with Gasteiger partial charge >= 0.3 is 6.09 Å². The lowest BCUT2D eigenvalue weighted by molar-refractivity contribution is 0.0603. The summed E-state index contributed by atoms with van der Waals surface area (Å²) in [6, 6.07) is 9.53. The summed E-state index contributed by atoms with van der Waals surface area (Å²) in [6.07, 6.45) is 3.17. The number of carbonyl (C=O) groups is 1. The summed E-state index contributed by atoms with van der Waals surface area (Å²) in [5, 5.41) is 12.5. The fourth-order valence-corrected chi connectivity index (χ4v) is 3.34. The Labute approximate surface area is 175 Å². The Kier molecular flexibility index (Phi) is 8.81. The minimum Gasteiger partial charge on any atom is -0.442 e. The number of ether oxygens (including phenoxy) is 1. The first kappa shape index (κ1) is 23.1. The minimum absolute atomic E-state index is 0.545. The Hall–Kier alpha value is -2.23. The summed E-state index contributed by atoms with van der Waals surface area (Å²) in [5.41, 5.74) is 1.88. The van der Waals surface area contributed by atoms with Crippen molar-refractivity contribution in [3.63, 3.8) is 0 Å². The van der Waals surface area contributed by atoms with Crippen LogP contribution in [0.15, 0.2) is 29.3 Å². The Bertz CT molecular complexity index is 721. The number of aliphatic imine (C=N–C) groups is 1. The molecule has 29 heavy (non-hydrogen) atoms. The van der Waals surface area contributed by atoms with Gasteiger partial charge in [-0.05, 0) is 90.3 Å². The molecule has 1 aliphatic rings. The number of nitrogens with zero attached hydrogens (tertiary/aromatic N) is 3. The van der Waals surface area contributed by atoms with Crippen LogP contribution in [0.25, 0.3) is 0 Å². The highest BCUT2D eigenvalue weighted by molar-refractivity contribution is 5.94. The molecule has 0 radical (unpaired) electrons. The first-order valence-corrected chi connectivity index (χ1v) is 10.4. The highest BCUT2D eigenvalue weighted by Gasteiger charge is 2.18. The maximum atomic E-state index is 12.2. The molecule has 1 aliphatic heterocycles. The summed E-state index contributed by atoms with van der Waals surface area (Å²) in [6.45, 7) is 9.62. The number of amides is 1. The Balaban J connectivity index is 1.92. The number of likely N-dealkylation sites (tertiary alicyclic amines) is 1. The second kappa shape index (κ2) is 11.1. The van der Waals surface area contributed by atoms with Crippen LogP contribution in [0.1, 0.15) is 51.2 Å². The predicted molar refractivity (Wildman–Crippen MR) is 116 cm³/mol. The van der Waals surface area contributed by atoms with Crippen LogP contribution >= 0.6 is 0 Å². The summed E-state index contributed by atoms with van der Waals surface area (Å²) in [4.78, 5) is 18.8. The zero-order valence-corrected chi connectivity index (χ0v) is 18.2. The van der Waals surface area contributed by atoms with Crippen LogP contribution in [-0.2, 0) is 11.2 Å². The fraction of sp³-hybridized carbons (Fsp3) is 0.609. The summed E-state index contributed by atoms with van der Waals surface area (Å²) >= 11 is 0. The van der Waals surface area contributed by atoms with Crippen LogP contribution in [0.3, 0.4) is 0 Å². The Morgan fingerprint density at radius 2 is 1.93 bits per heavy atom. The first-order chi connectivity index (χ1) is 13.7. The van der Waals surface area contributed by atoms with E-state index in [2.05, 4.69) is 28.3 Å². The van der Waals surface area contributed by atoms with Crippen LogP contribution in [0.5, 0.6) is 0 Å². The molecule has 1 amide bonds. The van der Waals surface area contributed by atoms with Gasteiger partial charge in [0.1, 0.15) is 5.60 Å². The van der Waals surface area contributed by atoms with Gasteiger partial charge in [-0.15, -0.1) is 0 Å². The zero-order valence-electron chi connectivity index (χ0n) is 18.2. The number of benzene rings is 1. The maximum Gasteiger partial charge on any atom is 0.434 e.